The number of nitrogens with zero attached hydrogens (tertiary/aromatic N) is 1. The van der Waals surface area contributed by atoms with Crippen molar-refractivity contribution in [3.63, 3.8) is 0 Å². The van der Waals surface area contributed by atoms with Gasteiger partial charge in [-0.25, -0.2) is 4.39 Å². The second kappa shape index (κ2) is 5.22. The number of halogens is 3. The molecular weight excluding hydrogens is 400 g/mol. The Morgan fingerprint density at radius 1 is 1.29 bits per heavy atom. The maximum Gasteiger partial charge on any atom is 0.195 e. The Morgan fingerprint density at radius 3 is 2.76 bits per heavy atom. The number of rotatable bonds is 2. The minimum Gasteiger partial charge on any atom is -0.289 e. The van der Waals surface area contributed by atoms with Gasteiger partial charge in [0.15, 0.2) is 5.78 Å². The number of hydrogen-bond donors (Lipinski definition) is 0. The van der Waals surface area contributed by atoms with Gasteiger partial charge in [0.1, 0.15) is 5.82 Å². The molecule has 0 spiro atoms. The highest BCUT2D eigenvalue weighted by atomic mass is 127. The van der Waals surface area contributed by atoms with Gasteiger partial charge in [-0.05, 0) is 46.9 Å². The summed E-state index contributed by atoms with van der Waals surface area (Å²) in [4.78, 5) is 15.8. The van der Waals surface area contributed by atoms with Crippen LogP contribution in [0.3, 0.4) is 0 Å². The van der Waals surface area contributed by atoms with E-state index in [1.807, 2.05) is 6.07 Å². The highest BCUT2D eigenvalue weighted by Gasteiger charge is 2.13. The van der Waals surface area contributed by atoms with Crippen LogP contribution >= 0.6 is 38.5 Å². The Labute approximate surface area is 120 Å². The lowest BCUT2D eigenvalue weighted by molar-refractivity contribution is 0.103. The average Bonchev–Trinajstić information content (AvgIpc) is 2.31. The summed E-state index contributed by atoms with van der Waals surface area (Å²) in [6.45, 7) is 0. The standard InChI is InChI=1S/C12H6BrFINO/c13-11-2-1-9(15)4-10(11)12(17)7-3-8(14)6-16-5-7/h1-6H. The Balaban J connectivity index is 2.47. The number of benzene rings is 1. The van der Waals surface area contributed by atoms with Crippen LogP contribution in [0.1, 0.15) is 15.9 Å². The van der Waals surface area contributed by atoms with Crippen molar-refractivity contribution in [3.8, 4) is 0 Å². The van der Waals surface area contributed by atoms with Gasteiger partial charge in [-0.15, -0.1) is 0 Å². The van der Waals surface area contributed by atoms with E-state index in [2.05, 4.69) is 43.5 Å². The summed E-state index contributed by atoms with van der Waals surface area (Å²) in [5.74, 6) is -0.764. The molecule has 0 bridgehead atoms. The number of carbonyl (C=O) groups excluding carboxylic acids is 1. The molecule has 17 heavy (non-hydrogen) atoms. The van der Waals surface area contributed by atoms with E-state index in [-0.39, 0.29) is 11.3 Å². The Hall–Kier alpha value is -0.820. The van der Waals surface area contributed by atoms with Crippen LogP contribution in [0.15, 0.2) is 41.1 Å². The molecule has 1 aromatic heterocycles. The molecule has 1 heterocycles. The third-order valence-electron chi connectivity index (χ3n) is 2.14. The summed E-state index contributed by atoms with van der Waals surface area (Å²) >= 11 is 5.43. The van der Waals surface area contributed by atoms with Crippen molar-refractivity contribution in [2.45, 2.75) is 0 Å². The maximum atomic E-state index is 13.0. The lowest BCUT2D eigenvalue weighted by Crippen LogP contribution is -2.04. The van der Waals surface area contributed by atoms with Crippen LogP contribution in [-0.2, 0) is 0 Å². The highest BCUT2D eigenvalue weighted by molar-refractivity contribution is 14.1. The minimum absolute atomic E-state index is 0.243. The first-order valence-corrected chi connectivity index (χ1v) is 6.55. The smallest absolute Gasteiger partial charge is 0.195 e. The van der Waals surface area contributed by atoms with Crippen molar-refractivity contribution in [2.75, 3.05) is 0 Å². The number of pyridine rings is 1. The lowest BCUT2D eigenvalue weighted by Gasteiger charge is -2.04. The fourth-order valence-electron chi connectivity index (χ4n) is 1.36. The van der Waals surface area contributed by atoms with E-state index in [0.717, 1.165) is 9.77 Å². The van der Waals surface area contributed by atoms with Crippen LogP contribution in [0.2, 0.25) is 0 Å². The summed E-state index contributed by atoms with van der Waals surface area (Å²) in [7, 11) is 0. The van der Waals surface area contributed by atoms with E-state index in [4.69, 9.17) is 0 Å². The van der Waals surface area contributed by atoms with Crippen molar-refractivity contribution in [2.24, 2.45) is 0 Å². The van der Waals surface area contributed by atoms with Crippen molar-refractivity contribution < 1.29 is 9.18 Å². The van der Waals surface area contributed by atoms with Crippen molar-refractivity contribution in [1.29, 1.82) is 0 Å². The molecule has 0 aliphatic heterocycles. The van der Waals surface area contributed by atoms with Gasteiger partial charge in [0.2, 0.25) is 0 Å². The fraction of sp³-hybridized carbons (Fsp3) is 0. The zero-order valence-corrected chi connectivity index (χ0v) is 12.2. The molecule has 0 radical (unpaired) electrons. The minimum atomic E-state index is -0.516. The second-order valence-corrected chi connectivity index (χ2v) is 5.45. The Bertz CT molecular complexity index is 588. The van der Waals surface area contributed by atoms with E-state index in [0.29, 0.717) is 10.0 Å². The summed E-state index contributed by atoms with van der Waals surface area (Å²) in [5.41, 5.74) is 0.747. The van der Waals surface area contributed by atoms with E-state index < -0.39 is 5.82 Å². The van der Waals surface area contributed by atoms with Gasteiger partial charge in [0.05, 0.1) is 6.20 Å². The van der Waals surface area contributed by atoms with Crippen LogP contribution in [0.4, 0.5) is 4.39 Å². The zero-order valence-electron chi connectivity index (χ0n) is 8.45. The first-order valence-electron chi connectivity index (χ1n) is 4.68. The number of aromatic nitrogens is 1. The monoisotopic (exact) mass is 405 g/mol. The summed E-state index contributed by atoms with van der Waals surface area (Å²) < 4.78 is 14.6. The van der Waals surface area contributed by atoms with Gasteiger partial charge in [-0.1, -0.05) is 15.9 Å². The van der Waals surface area contributed by atoms with Gasteiger partial charge >= 0.3 is 0 Å². The van der Waals surface area contributed by atoms with E-state index in [9.17, 15) is 9.18 Å². The van der Waals surface area contributed by atoms with Crippen molar-refractivity contribution >= 4 is 44.3 Å². The highest BCUT2D eigenvalue weighted by Crippen LogP contribution is 2.22. The molecule has 0 saturated carbocycles. The van der Waals surface area contributed by atoms with Gasteiger partial charge in [-0.3, -0.25) is 9.78 Å². The topological polar surface area (TPSA) is 30.0 Å². The SMILES string of the molecule is O=C(c1cncc(F)c1)c1cc(I)ccc1Br. The number of carbonyl (C=O) groups is 1. The van der Waals surface area contributed by atoms with Crippen LogP contribution in [-0.4, -0.2) is 10.8 Å². The van der Waals surface area contributed by atoms with Gasteiger partial charge in [0, 0.05) is 25.4 Å². The molecule has 0 amide bonds. The third-order valence-corrected chi connectivity index (χ3v) is 3.50. The maximum absolute atomic E-state index is 13.0. The van der Waals surface area contributed by atoms with E-state index >= 15 is 0 Å². The Morgan fingerprint density at radius 2 is 2.06 bits per heavy atom. The van der Waals surface area contributed by atoms with Gasteiger partial charge < -0.3 is 0 Å². The predicted octanol–water partition coefficient (Wildman–Crippen LogP) is 3.82. The normalized spacial score (nSPS) is 10.3. The van der Waals surface area contributed by atoms with Crippen LogP contribution < -0.4 is 0 Å². The van der Waals surface area contributed by atoms with Crippen molar-refractivity contribution in [3.05, 3.63) is 61.6 Å². The molecular formula is C12H6BrFINO. The van der Waals surface area contributed by atoms with Crippen LogP contribution in [0.25, 0.3) is 0 Å². The molecule has 2 rings (SSSR count). The Kier molecular flexibility index (Phi) is 3.88. The molecule has 0 aliphatic carbocycles. The molecule has 0 saturated heterocycles. The average molecular weight is 406 g/mol. The molecule has 0 atom stereocenters. The van der Waals surface area contributed by atoms with Gasteiger partial charge in [-0.2, -0.15) is 0 Å². The van der Waals surface area contributed by atoms with Crippen LogP contribution in [0.5, 0.6) is 0 Å². The van der Waals surface area contributed by atoms with Crippen molar-refractivity contribution in [1.82, 2.24) is 4.98 Å². The second-order valence-electron chi connectivity index (χ2n) is 3.35. The molecule has 5 heteroatoms. The molecule has 86 valence electrons. The van der Waals surface area contributed by atoms with Crippen LogP contribution in [0, 0.1) is 9.39 Å². The predicted molar refractivity (Wildman–Crippen MR) is 74.5 cm³/mol. The fourth-order valence-corrected chi connectivity index (χ4v) is 2.28. The summed E-state index contributed by atoms with van der Waals surface area (Å²) in [6, 6.07) is 6.60. The quantitative estimate of drug-likeness (QED) is 0.561. The summed E-state index contributed by atoms with van der Waals surface area (Å²) in [5, 5.41) is 0. The molecule has 0 unspecified atom stereocenters. The van der Waals surface area contributed by atoms with E-state index in [1.54, 1.807) is 12.1 Å². The molecule has 1 aromatic carbocycles. The molecule has 0 aliphatic rings. The first-order chi connectivity index (χ1) is 8.08. The largest absolute Gasteiger partial charge is 0.289 e. The first kappa shape index (κ1) is 12.6. The summed E-state index contributed by atoms with van der Waals surface area (Å²) in [6.07, 6.45) is 2.43. The number of ketones is 1. The molecule has 2 aromatic rings. The zero-order chi connectivity index (χ0) is 12.4. The third kappa shape index (κ3) is 2.90. The molecule has 0 N–H and O–H groups in total. The van der Waals surface area contributed by atoms with E-state index in [1.165, 1.54) is 12.3 Å². The van der Waals surface area contributed by atoms with Gasteiger partial charge in [0.25, 0.3) is 0 Å². The molecule has 0 fully saturated rings. The lowest BCUT2D eigenvalue weighted by atomic mass is 10.1. The molecule has 2 nitrogen and oxygen atoms in total. The number of hydrogen-bond acceptors (Lipinski definition) is 2.